The van der Waals surface area contributed by atoms with Crippen molar-refractivity contribution in [2.45, 2.75) is 33.6 Å². The number of rotatable bonds is 8. The third-order valence-electron chi connectivity index (χ3n) is 3.92. The Morgan fingerprint density at radius 1 is 1.23 bits per heavy atom. The lowest BCUT2D eigenvalue weighted by Gasteiger charge is -2.13. The molecule has 0 aliphatic carbocycles. The molecule has 2 aromatic rings. The van der Waals surface area contributed by atoms with Crippen molar-refractivity contribution in [1.82, 2.24) is 4.57 Å². The largest absolute Gasteiger partial charge is 0.385 e. The molecule has 0 spiro atoms. The Labute approximate surface area is 155 Å². The molecule has 2 rings (SSSR count). The first-order chi connectivity index (χ1) is 12.5. The van der Waals surface area contributed by atoms with Crippen molar-refractivity contribution in [2.24, 2.45) is 21.7 Å². The first-order valence-electron chi connectivity index (χ1n) is 8.83. The van der Waals surface area contributed by atoms with Gasteiger partial charge in [-0.1, -0.05) is 19.4 Å². The fraction of sp³-hybridized carbons (Fsp3) is 0.300. The van der Waals surface area contributed by atoms with Gasteiger partial charge in [0.05, 0.1) is 0 Å². The van der Waals surface area contributed by atoms with Gasteiger partial charge < -0.3 is 21.4 Å². The zero-order valence-corrected chi connectivity index (χ0v) is 15.7. The first kappa shape index (κ1) is 19.3. The highest BCUT2D eigenvalue weighted by Gasteiger charge is 2.06. The van der Waals surface area contributed by atoms with Gasteiger partial charge in [-0.15, -0.1) is 5.10 Å². The smallest absolute Gasteiger partial charge is 0.211 e. The van der Waals surface area contributed by atoms with Crippen LogP contribution in [0.2, 0.25) is 0 Å². The van der Waals surface area contributed by atoms with Crippen molar-refractivity contribution in [1.29, 1.82) is 0 Å². The van der Waals surface area contributed by atoms with E-state index in [4.69, 9.17) is 11.5 Å². The predicted molar refractivity (Wildman–Crippen MR) is 112 cm³/mol. The molecule has 0 unspecified atom stereocenters. The number of nitrogens with zero attached hydrogens (tertiary/aromatic N) is 3. The number of anilines is 1. The van der Waals surface area contributed by atoms with Gasteiger partial charge in [-0.05, 0) is 61.7 Å². The van der Waals surface area contributed by atoms with E-state index in [9.17, 15) is 0 Å². The summed E-state index contributed by atoms with van der Waals surface area (Å²) in [5.41, 5.74) is 16.3. The number of benzene rings is 1. The first-order valence-corrected chi connectivity index (χ1v) is 8.83. The van der Waals surface area contributed by atoms with Gasteiger partial charge in [-0.2, -0.15) is 5.10 Å². The number of hydrogen-bond acceptors (Lipinski definition) is 3. The number of aromatic nitrogens is 1. The van der Waals surface area contributed by atoms with Crippen LogP contribution in [0.3, 0.4) is 0 Å². The van der Waals surface area contributed by atoms with E-state index in [1.807, 2.05) is 12.2 Å². The fourth-order valence-corrected chi connectivity index (χ4v) is 2.60. The lowest BCUT2D eigenvalue weighted by atomic mass is 10.1. The summed E-state index contributed by atoms with van der Waals surface area (Å²) < 4.78 is 2.16. The molecular formula is C20H28N6. The Bertz CT molecular complexity index is 810. The van der Waals surface area contributed by atoms with Crippen LogP contribution in [0.5, 0.6) is 0 Å². The lowest BCUT2D eigenvalue weighted by Crippen LogP contribution is -2.21. The van der Waals surface area contributed by atoms with Crippen LogP contribution in [0.4, 0.5) is 5.69 Å². The Kier molecular flexibility index (Phi) is 7.02. The minimum absolute atomic E-state index is 0.0587. The summed E-state index contributed by atoms with van der Waals surface area (Å²) in [5.74, 6) is -0.0587. The van der Waals surface area contributed by atoms with Gasteiger partial charge in [0.2, 0.25) is 5.96 Å². The predicted octanol–water partition coefficient (Wildman–Crippen LogP) is 3.58. The third kappa shape index (κ3) is 5.51. The number of allylic oxidation sites excluding steroid dienone is 1. The molecule has 5 N–H and O–H groups in total. The molecule has 0 aliphatic rings. The normalized spacial score (nSPS) is 11.3. The topological polar surface area (TPSA) is 93.7 Å². The van der Waals surface area contributed by atoms with E-state index in [2.05, 4.69) is 71.3 Å². The van der Waals surface area contributed by atoms with E-state index in [1.165, 1.54) is 23.2 Å². The number of nitrogens with one attached hydrogen (secondary N) is 1. The summed E-state index contributed by atoms with van der Waals surface area (Å²) in [4.78, 5) is 0. The van der Waals surface area contributed by atoms with E-state index in [0.29, 0.717) is 0 Å². The molecule has 0 aliphatic heterocycles. The van der Waals surface area contributed by atoms with Gasteiger partial charge >= 0.3 is 0 Å². The maximum Gasteiger partial charge on any atom is 0.211 e. The molecule has 0 amide bonds. The SMILES string of the molecule is CCCCNc1cc(-n2cc(C)cc2/C=C/C=N/N=C(N)N)ccc1C. The van der Waals surface area contributed by atoms with Crippen molar-refractivity contribution in [2.75, 3.05) is 11.9 Å². The molecule has 0 fully saturated rings. The highest BCUT2D eigenvalue weighted by molar-refractivity contribution is 5.80. The number of aryl methyl sites for hydroxylation is 2. The van der Waals surface area contributed by atoms with E-state index < -0.39 is 0 Å². The average molecular weight is 352 g/mol. The number of unbranched alkanes of at least 4 members (excludes halogenated alkanes) is 1. The van der Waals surface area contributed by atoms with Gasteiger partial charge in [-0.25, -0.2) is 0 Å². The summed E-state index contributed by atoms with van der Waals surface area (Å²) in [7, 11) is 0. The van der Waals surface area contributed by atoms with Crippen LogP contribution < -0.4 is 16.8 Å². The molecule has 0 saturated heterocycles. The molecule has 0 atom stereocenters. The van der Waals surface area contributed by atoms with Gasteiger partial charge in [-0.3, -0.25) is 0 Å². The zero-order valence-electron chi connectivity index (χ0n) is 15.7. The van der Waals surface area contributed by atoms with Gasteiger partial charge in [0, 0.05) is 36.0 Å². The van der Waals surface area contributed by atoms with E-state index >= 15 is 0 Å². The quantitative estimate of drug-likeness (QED) is 0.293. The van der Waals surface area contributed by atoms with E-state index in [-0.39, 0.29) is 5.96 Å². The molecule has 0 saturated carbocycles. The van der Waals surface area contributed by atoms with Gasteiger partial charge in [0.25, 0.3) is 0 Å². The summed E-state index contributed by atoms with van der Waals surface area (Å²) >= 11 is 0. The second kappa shape index (κ2) is 9.46. The van der Waals surface area contributed by atoms with E-state index in [0.717, 1.165) is 24.3 Å². The summed E-state index contributed by atoms with van der Waals surface area (Å²) in [6, 6.07) is 8.58. The van der Waals surface area contributed by atoms with Crippen LogP contribution in [0, 0.1) is 13.8 Å². The van der Waals surface area contributed by atoms with Crippen LogP contribution >= 0.6 is 0 Å². The minimum atomic E-state index is -0.0587. The van der Waals surface area contributed by atoms with E-state index in [1.54, 1.807) is 6.21 Å². The maximum atomic E-state index is 5.24. The maximum absolute atomic E-state index is 5.24. The Morgan fingerprint density at radius 3 is 2.77 bits per heavy atom. The molecular weight excluding hydrogens is 324 g/mol. The second-order valence-corrected chi connectivity index (χ2v) is 6.24. The lowest BCUT2D eigenvalue weighted by molar-refractivity contribution is 0.833. The molecule has 0 bridgehead atoms. The van der Waals surface area contributed by atoms with Crippen LogP contribution in [-0.2, 0) is 0 Å². The average Bonchev–Trinajstić information content (AvgIpc) is 2.97. The number of guanidine groups is 1. The highest BCUT2D eigenvalue weighted by atomic mass is 15.3. The monoisotopic (exact) mass is 352 g/mol. The highest BCUT2D eigenvalue weighted by Crippen LogP contribution is 2.23. The fourth-order valence-electron chi connectivity index (χ4n) is 2.60. The number of nitrogens with two attached hydrogens (primary N) is 2. The van der Waals surface area contributed by atoms with Crippen molar-refractivity contribution >= 4 is 23.9 Å². The van der Waals surface area contributed by atoms with Crippen LogP contribution in [0.1, 0.15) is 36.6 Å². The Morgan fingerprint density at radius 2 is 2.04 bits per heavy atom. The second-order valence-electron chi connectivity index (χ2n) is 6.24. The summed E-state index contributed by atoms with van der Waals surface area (Å²) in [6.45, 7) is 7.39. The van der Waals surface area contributed by atoms with Crippen LogP contribution in [0.15, 0.2) is 46.7 Å². The summed E-state index contributed by atoms with van der Waals surface area (Å²) in [6.07, 6.45) is 9.80. The molecule has 138 valence electrons. The molecule has 26 heavy (non-hydrogen) atoms. The van der Waals surface area contributed by atoms with Crippen molar-refractivity contribution in [3.63, 3.8) is 0 Å². The molecule has 0 radical (unpaired) electrons. The van der Waals surface area contributed by atoms with Crippen molar-refractivity contribution in [3.8, 4) is 5.69 Å². The van der Waals surface area contributed by atoms with Crippen molar-refractivity contribution in [3.05, 3.63) is 53.4 Å². The Balaban J connectivity index is 2.26. The summed E-state index contributed by atoms with van der Waals surface area (Å²) in [5, 5.41) is 10.9. The van der Waals surface area contributed by atoms with Gasteiger partial charge in [0.1, 0.15) is 0 Å². The third-order valence-corrected chi connectivity index (χ3v) is 3.92. The van der Waals surface area contributed by atoms with Crippen LogP contribution in [0.25, 0.3) is 11.8 Å². The molecule has 6 heteroatoms. The van der Waals surface area contributed by atoms with Gasteiger partial charge in [0.15, 0.2) is 0 Å². The molecule has 1 aromatic heterocycles. The van der Waals surface area contributed by atoms with Crippen molar-refractivity contribution < 1.29 is 0 Å². The minimum Gasteiger partial charge on any atom is -0.385 e. The molecule has 6 nitrogen and oxygen atoms in total. The zero-order chi connectivity index (χ0) is 18.9. The van der Waals surface area contributed by atoms with Crippen LogP contribution in [-0.4, -0.2) is 23.3 Å². The standard InChI is InChI=1S/C20H28N6/c1-4-5-10-23-19-13-18(9-8-16(19)3)26-14-15(2)12-17(26)7-6-11-24-25-20(21)22/h6-9,11-14,23H,4-5,10H2,1-3H3,(H4,21,22,25)/b7-6+,24-11+. The molecule has 1 aromatic carbocycles. The Hall–Kier alpha value is -3.02. The number of hydrogen-bond donors (Lipinski definition) is 3. The molecule has 1 heterocycles.